The van der Waals surface area contributed by atoms with Crippen LogP contribution in [0.5, 0.6) is 5.75 Å². The number of rotatable bonds is 7. The van der Waals surface area contributed by atoms with Crippen LogP contribution in [0, 0.1) is 5.82 Å². The predicted molar refractivity (Wildman–Crippen MR) is 103 cm³/mol. The highest BCUT2D eigenvalue weighted by atomic mass is 32.2. The topological polar surface area (TPSA) is 39.9 Å². The molecule has 0 unspecified atom stereocenters. The quantitative estimate of drug-likeness (QED) is 0.349. The van der Waals surface area contributed by atoms with Crippen molar-refractivity contribution in [3.05, 3.63) is 70.4 Å². The molecule has 2 aromatic heterocycles. The minimum Gasteiger partial charge on any atom is -0.486 e. The number of hydrogen-bond donors (Lipinski definition) is 0. The number of hydrogen-bond acceptors (Lipinski definition) is 5. The Bertz CT molecular complexity index is 1080. The molecule has 4 nitrogen and oxygen atoms in total. The number of ether oxygens (including phenoxy) is 1. The molecule has 4 aromatic rings. The minimum atomic E-state index is -2.66. The van der Waals surface area contributed by atoms with Crippen LogP contribution in [0.4, 0.5) is 13.2 Å². The second-order valence-electron chi connectivity index (χ2n) is 5.79. The Hall–Kier alpha value is -2.52. The van der Waals surface area contributed by atoms with Crippen molar-refractivity contribution in [2.24, 2.45) is 0 Å². The first kappa shape index (κ1) is 18.8. The molecule has 9 heteroatoms. The van der Waals surface area contributed by atoms with Gasteiger partial charge in [0, 0.05) is 11.1 Å². The summed E-state index contributed by atoms with van der Waals surface area (Å²) in [7, 11) is 0. The van der Waals surface area contributed by atoms with Crippen LogP contribution in [0.1, 0.15) is 17.3 Å². The molecule has 0 spiro atoms. The lowest BCUT2D eigenvalue weighted by Crippen LogP contribution is -2.00. The molecule has 0 amide bonds. The van der Waals surface area contributed by atoms with Crippen molar-refractivity contribution < 1.29 is 17.9 Å². The largest absolute Gasteiger partial charge is 0.486 e. The van der Waals surface area contributed by atoms with Crippen LogP contribution < -0.4 is 4.74 Å². The number of nitrogens with zero attached hydrogens (tertiary/aromatic N) is 3. The summed E-state index contributed by atoms with van der Waals surface area (Å²) in [4.78, 5) is 8.77. The molecule has 0 atom stereocenters. The van der Waals surface area contributed by atoms with Gasteiger partial charge in [0.05, 0.1) is 16.7 Å². The Morgan fingerprint density at radius 2 is 1.86 bits per heavy atom. The predicted octanol–water partition coefficient (Wildman–Crippen LogP) is 5.90. The van der Waals surface area contributed by atoms with Crippen LogP contribution in [0.25, 0.3) is 11.0 Å². The van der Waals surface area contributed by atoms with Gasteiger partial charge in [-0.2, -0.15) is 8.78 Å². The third kappa shape index (κ3) is 4.15. The summed E-state index contributed by atoms with van der Waals surface area (Å²) < 4.78 is 46.3. The van der Waals surface area contributed by atoms with Crippen molar-refractivity contribution in [1.29, 1.82) is 0 Å². The van der Waals surface area contributed by atoms with E-state index in [1.165, 1.54) is 35.2 Å². The van der Waals surface area contributed by atoms with Crippen molar-refractivity contribution in [2.75, 3.05) is 0 Å². The molecular formula is C19H14F3N3OS2. The molecule has 0 N–H and O–H groups in total. The van der Waals surface area contributed by atoms with Crippen molar-refractivity contribution >= 4 is 34.1 Å². The fourth-order valence-corrected chi connectivity index (χ4v) is 4.32. The summed E-state index contributed by atoms with van der Waals surface area (Å²) in [5, 5.41) is 2.88. The molecule has 144 valence electrons. The zero-order chi connectivity index (χ0) is 19.5. The second-order valence-corrected chi connectivity index (χ2v) is 7.68. The molecule has 0 bridgehead atoms. The Morgan fingerprint density at radius 3 is 2.64 bits per heavy atom. The molecule has 0 saturated carbocycles. The number of thiazole rings is 1. The van der Waals surface area contributed by atoms with E-state index < -0.39 is 6.55 Å². The molecule has 0 radical (unpaired) electrons. The van der Waals surface area contributed by atoms with Crippen LogP contribution in [0.2, 0.25) is 0 Å². The van der Waals surface area contributed by atoms with Gasteiger partial charge in [-0.25, -0.2) is 14.4 Å². The van der Waals surface area contributed by atoms with Gasteiger partial charge >= 0.3 is 6.55 Å². The maximum Gasteiger partial charge on any atom is 0.321 e. The van der Waals surface area contributed by atoms with Crippen molar-refractivity contribution in [2.45, 2.75) is 24.1 Å². The summed E-state index contributed by atoms with van der Waals surface area (Å²) in [5.41, 5.74) is 1.71. The van der Waals surface area contributed by atoms with E-state index >= 15 is 0 Å². The lowest BCUT2D eigenvalue weighted by Gasteiger charge is -2.06. The normalized spacial score (nSPS) is 11.4. The summed E-state index contributed by atoms with van der Waals surface area (Å²) in [6.45, 7) is -2.40. The summed E-state index contributed by atoms with van der Waals surface area (Å²) in [6, 6.07) is 12.6. The summed E-state index contributed by atoms with van der Waals surface area (Å²) in [6.07, 6.45) is 0. The SMILES string of the molecule is Fc1ccc(OCc2nc(CSc3nc4ccccc4n3C(F)F)cs2)cc1. The highest BCUT2D eigenvalue weighted by molar-refractivity contribution is 7.98. The highest BCUT2D eigenvalue weighted by Gasteiger charge is 2.18. The van der Waals surface area contributed by atoms with Crippen LogP contribution in [-0.2, 0) is 12.4 Å². The Morgan fingerprint density at radius 1 is 1.07 bits per heavy atom. The molecule has 4 rings (SSSR count). The van der Waals surface area contributed by atoms with Gasteiger partial charge in [0.15, 0.2) is 5.16 Å². The van der Waals surface area contributed by atoms with Crippen LogP contribution in [0.15, 0.2) is 59.1 Å². The van der Waals surface area contributed by atoms with Crippen LogP contribution >= 0.6 is 23.1 Å². The zero-order valence-electron chi connectivity index (χ0n) is 14.4. The van der Waals surface area contributed by atoms with E-state index in [9.17, 15) is 13.2 Å². The third-order valence-electron chi connectivity index (χ3n) is 3.88. The first-order chi connectivity index (χ1) is 13.6. The monoisotopic (exact) mass is 421 g/mol. The average Bonchev–Trinajstić information content (AvgIpc) is 3.30. The summed E-state index contributed by atoms with van der Waals surface area (Å²) >= 11 is 2.64. The van der Waals surface area contributed by atoms with Gasteiger partial charge in [-0.1, -0.05) is 23.9 Å². The van der Waals surface area contributed by atoms with E-state index in [1.807, 2.05) is 5.38 Å². The van der Waals surface area contributed by atoms with Gasteiger partial charge in [-0.15, -0.1) is 11.3 Å². The zero-order valence-corrected chi connectivity index (χ0v) is 16.0. The molecule has 2 aromatic carbocycles. The minimum absolute atomic E-state index is 0.258. The lowest BCUT2D eigenvalue weighted by molar-refractivity contribution is 0.0656. The van der Waals surface area contributed by atoms with Crippen molar-refractivity contribution in [3.63, 3.8) is 0 Å². The molecule has 0 aliphatic heterocycles. The Labute approximate surface area is 167 Å². The van der Waals surface area contributed by atoms with E-state index in [4.69, 9.17) is 4.74 Å². The molecule has 0 fully saturated rings. The Kier molecular flexibility index (Phi) is 5.54. The molecule has 28 heavy (non-hydrogen) atoms. The van der Waals surface area contributed by atoms with Gasteiger partial charge in [0.2, 0.25) is 0 Å². The lowest BCUT2D eigenvalue weighted by atomic mass is 10.3. The number of para-hydroxylation sites is 2. The van der Waals surface area contributed by atoms with Crippen LogP contribution in [0.3, 0.4) is 0 Å². The first-order valence-electron chi connectivity index (χ1n) is 8.30. The van der Waals surface area contributed by atoms with E-state index in [-0.39, 0.29) is 17.6 Å². The maximum absolute atomic E-state index is 13.5. The number of fused-ring (bicyclic) bond motifs is 1. The van der Waals surface area contributed by atoms with Gasteiger partial charge in [-0.05, 0) is 36.4 Å². The van der Waals surface area contributed by atoms with Gasteiger partial charge in [0.1, 0.15) is 23.2 Å². The standard InChI is InChI=1S/C19H14F3N3OS2/c20-12-5-7-14(8-6-12)26-9-17-23-13(10-27-17)11-28-19-24-15-3-1-2-4-16(15)25(19)18(21)22/h1-8,10,18H,9,11H2. The van der Waals surface area contributed by atoms with Gasteiger partial charge in [0.25, 0.3) is 0 Å². The average molecular weight is 421 g/mol. The number of aromatic nitrogens is 3. The fraction of sp³-hybridized carbons (Fsp3) is 0.158. The third-order valence-corrected chi connectivity index (χ3v) is 5.74. The number of halogens is 3. The summed E-state index contributed by atoms with van der Waals surface area (Å²) in [5.74, 6) is 0.650. The number of alkyl halides is 2. The highest BCUT2D eigenvalue weighted by Crippen LogP contribution is 2.31. The van der Waals surface area contributed by atoms with Gasteiger partial charge < -0.3 is 4.74 Å². The fourth-order valence-electron chi connectivity index (χ4n) is 2.61. The molecule has 0 aliphatic rings. The number of imidazole rings is 1. The molecule has 0 aliphatic carbocycles. The number of benzene rings is 2. The van der Waals surface area contributed by atoms with E-state index in [1.54, 1.807) is 36.4 Å². The number of thioether (sulfide) groups is 1. The smallest absolute Gasteiger partial charge is 0.321 e. The van der Waals surface area contributed by atoms with Crippen molar-refractivity contribution in [3.8, 4) is 5.75 Å². The molecule has 0 saturated heterocycles. The van der Waals surface area contributed by atoms with E-state index in [2.05, 4.69) is 9.97 Å². The van der Waals surface area contributed by atoms with E-state index in [0.717, 1.165) is 15.3 Å². The first-order valence-corrected chi connectivity index (χ1v) is 10.2. The molecular weight excluding hydrogens is 407 g/mol. The second kappa shape index (κ2) is 8.24. The molecule has 2 heterocycles. The van der Waals surface area contributed by atoms with Crippen molar-refractivity contribution in [1.82, 2.24) is 14.5 Å². The van der Waals surface area contributed by atoms with Crippen LogP contribution in [-0.4, -0.2) is 14.5 Å². The van der Waals surface area contributed by atoms with Gasteiger partial charge in [-0.3, -0.25) is 4.57 Å². The van der Waals surface area contributed by atoms with E-state index in [0.29, 0.717) is 22.5 Å². The Balaban J connectivity index is 1.41. The maximum atomic E-state index is 13.5.